The smallest absolute Gasteiger partial charge is 0.338 e. The van der Waals surface area contributed by atoms with Gasteiger partial charge in [-0.05, 0) is 37.6 Å². The van der Waals surface area contributed by atoms with E-state index in [1.807, 2.05) is 30.3 Å². The number of aryl methyl sites for hydroxylation is 1. The molecule has 0 saturated heterocycles. The number of ether oxygens (including phenoxy) is 1. The molecule has 0 saturated carbocycles. The minimum atomic E-state index is -0.797. The van der Waals surface area contributed by atoms with Gasteiger partial charge in [0.25, 0.3) is 17.7 Å². The minimum Gasteiger partial charge on any atom is -0.452 e. The zero-order valence-electron chi connectivity index (χ0n) is 17.3. The van der Waals surface area contributed by atoms with Crippen molar-refractivity contribution in [2.75, 3.05) is 11.9 Å². The Morgan fingerprint density at radius 2 is 1.78 bits per heavy atom. The van der Waals surface area contributed by atoms with Gasteiger partial charge in [-0.1, -0.05) is 35.5 Å². The molecule has 0 radical (unpaired) electrons. The SMILES string of the molecule is Cc1cc(NC(=O)COC(=O)c2ccc3c(c2)C(=O)N([C@H](C)c2ccccc2)C3=O)no1. The van der Waals surface area contributed by atoms with Gasteiger partial charge in [-0.3, -0.25) is 19.3 Å². The minimum absolute atomic E-state index is 0.0594. The number of hydrogen-bond donors (Lipinski definition) is 1. The number of nitrogens with one attached hydrogen (secondary N) is 1. The fourth-order valence-electron chi connectivity index (χ4n) is 3.44. The first-order chi connectivity index (χ1) is 15.3. The van der Waals surface area contributed by atoms with Crippen molar-refractivity contribution < 1.29 is 28.4 Å². The molecule has 0 fully saturated rings. The molecular formula is C23H19N3O6. The number of benzene rings is 2. The van der Waals surface area contributed by atoms with E-state index in [0.717, 1.165) is 5.56 Å². The molecule has 0 bridgehead atoms. The molecule has 32 heavy (non-hydrogen) atoms. The lowest BCUT2D eigenvalue weighted by molar-refractivity contribution is -0.119. The molecule has 1 atom stereocenters. The normalized spacial score (nSPS) is 13.6. The van der Waals surface area contributed by atoms with Crippen molar-refractivity contribution in [2.45, 2.75) is 19.9 Å². The zero-order valence-corrected chi connectivity index (χ0v) is 17.3. The Kier molecular flexibility index (Phi) is 5.55. The molecule has 9 heteroatoms. The first kappa shape index (κ1) is 21.0. The van der Waals surface area contributed by atoms with E-state index >= 15 is 0 Å². The van der Waals surface area contributed by atoms with E-state index in [-0.39, 0.29) is 22.5 Å². The summed E-state index contributed by atoms with van der Waals surface area (Å²) in [5.41, 5.74) is 1.21. The van der Waals surface area contributed by atoms with E-state index in [9.17, 15) is 19.2 Å². The average molecular weight is 433 g/mol. The van der Waals surface area contributed by atoms with Gasteiger partial charge < -0.3 is 14.6 Å². The maximum Gasteiger partial charge on any atom is 0.338 e. The second kappa shape index (κ2) is 8.46. The van der Waals surface area contributed by atoms with Crippen LogP contribution in [0.3, 0.4) is 0 Å². The molecule has 0 aliphatic carbocycles. The number of carbonyl (C=O) groups is 4. The number of carbonyl (C=O) groups excluding carboxylic acids is 4. The molecular weight excluding hydrogens is 414 g/mol. The van der Waals surface area contributed by atoms with Crippen LogP contribution in [0.4, 0.5) is 5.82 Å². The molecule has 1 aliphatic heterocycles. The van der Waals surface area contributed by atoms with Gasteiger partial charge >= 0.3 is 5.97 Å². The van der Waals surface area contributed by atoms with Crippen molar-refractivity contribution in [3.63, 3.8) is 0 Å². The predicted molar refractivity (Wildman–Crippen MR) is 112 cm³/mol. The molecule has 9 nitrogen and oxygen atoms in total. The number of nitrogens with zero attached hydrogens (tertiary/aromatic N) is 2. The van der Waals surface area contributed by atoms with E-state index in [1.165, 1.54) is 29.2 Å². The Labute approximate surface area is 182 Å². The van der Waals surface area contributed by atoms with Crippen molar-refractivity contribution in [3.8, 4) is 0 Å². The molecule has 2 heterocycles. The third kappa shape index (κ3) is 4.00. The van der Waals surface area contributed by atoms with Crippen LogP contribution in [0, 0.1) is 6.92 Å². The first-order valence-electron chi connectivity index (χ1n) is 9.82. The summed E-state index contributed by atoms with van der Waals surface area (Å²) in [7, 11) is 0. The highest BCUT2D eigenvalue weighted by atomic mass is 16.5. The molecule has 1 aliphatic rings. The number of aromatic nitrogens is 1. The first-order valence-corrected chi connectivity index (χ1v) is 9.82. The summed E-state index contributed by atoms with van der Waals surface area (Å²) in [5, 5.41) is 6.05. The number of imide groups is 1. The van der Waals surface area contributed by atoms with Crippen LogP contribution >= 0.6 is 0 Å². The third-order valence-electron chi connectivity index (χ3n) is 5.05. The number of fused-ring (bicyclic) bond motifs is 1. The number of rotatable bonds is 6. The van der Waals surface area contributed by atoms with Crippen LogP contribution in [0.15, 0.2) is 59.1 Å². The van der Waals surface area contributed by atoms with Gasteiger partial charge in [-0.2, -0.15) is 0 Å². The molecule has 1 N–H and O–H groups in total. The van der Waals surface area contributed by atoms with Crippen LogP contribution in [0.2, 0.25) is 0 Å². The maximum absolute atomic E-state index is 12.9. The summed E-state index contributed by atoms with van der Waals surface area (Å²) in [6.45, 7) is 2.89. The topological polar surface area (TPSA) is 119 Å². The molecule has 1 aromatic heterocycles. The van der Waals surface area contributed by atoms with E-state index in [1.54, 1.807) is 13.8 Å². The Balaban J connectivity index is 1.45. The number of amides is 3. The molecule has 0 unspecified atom stereocenters. The van der Waals surface area contributed by atoms with Gasteiger partial charge in [0, 0.05) is 6.07 Å². The lowest BCUT2D eigenvalue weighted by Crippen LogP contribution is -2.32. The van der Waals surface area contributed by atoms with Crippen LogP contribution in [-0.2, 0) is 9.53 Å². The van der Waals surface area contributed by atoms with Gasteiger partial charge in [0.05, 0.1) is 22.7 Å². The lowest BCUT2D eigenvalue weighted by Gasteiger charge is -2.22. The summed E-state index contributed by atoms with van der Waals surface area (Å²) in [6.07, 6.45) is 0. The van der Waals surface area contributed by atoms with Gasteiger partial charge in [0.15, 0.2) is 12.4 Å². The zero-order chi connectivity index (χ0) is 22.8. The highest BCUT2D eigenvalue weighted by Gasteiger charge is 2.39. The second-order valence-electron chi connectivity index (χ2n) is 7.27. The van der Waals surface area contributed by atoms with Crippen molar-refractivity contribution >= 4 is 29.5 Å². The summed E-state index contributed by atoms with van der Waals surface area (Å²) in [6, 6.07) is 14.4. The van der Waals surface area contributed by atoms with Crippen LogP contribution in [0.5, 0.6) is 0 Å². The lowest BCUT2D eigenvalue weighted by atomic mass is 10.1. The third-order valence-corrected chi connectivity index (χ3v) is 5.05. The summed E-state index contributed by atoms with van der Waals surface area (Å²) in [4.78, 5) is 51.2. The number of hydrogen-bond acceptors (Lipinski definition) is 7. The van der Waals surface area contributed by atoms with Crippen LogP contribution in [0.25, 0.3) is 0 Å². The maximum atomic E-state index is 12.9. The highest BCUT2D eigenvalue weighted by Crippen LogP contribution is 2.31. The van der Waals surface area contributed by atoms with Crippen LogP contribution in [-0.4, -0.2) is 40.4 Å². The summed E-state index contributed by atoms with van der Waals surface area (Å²) in [5.74, 6) is -1.59. The van der Waals surface area contributed by atoms with Gasteiger partial charge in [0.1, 0.15) is 5.76 Å². The van der Waals surface area contributed by atoms with E-state index < -0.39 is 36.3 Å². The van der Waals surface area contributed by atoms with Crippen molar-refractivity contribution in [2.24, 2.45) is 0 Å². The van der Waals surface area contributed by atoms with E-state index in [0.29, 0.717) is 5.76 Å². The van der Waals surface area contributed by atoms with E-state index in [2.05, 4.69) is 10.5 Å². The molecule has 4 rings (SSSR count). The van der Waals surface area contributed by atoms with Crippen LogP contribution in [0.1, 0.15) is 55.4 Å². The predicted octanol–water partition coefficient (Wildman–Crippen LogP) is 3.14. The largest absolute Gasteiger partial charge is 0.452 e. The Hall–Kier alpha value is -4.27. The Morgan fingerprint density at radius 3 is 2.47 bits per heavy atom. The standard InChI is InChI=1S/C23H19N3O6/c1-13-10-19(25-32-13)24-20(27)12-31-23(30)16-8-9-17-18(11-16)22(29)26(21(17)28)14(2)15-6-4-3-5-7-15/h3-11,14H,12H2,1-2H3,(H,24,25,27)/t14-/m1/s1. The molecule has 2 aromatic carbocycles. The Bertz CT molecular complexity index is 1220. The average Bonchev–Trinajstić information content (AvgIpc) is 3.31. The fourth-order valence-corrected chi connectivity index (χ4v) is 3.44. The number of anilines is 1. The molecule has 162 valence electrons. The highest BCUT2D eigenvalue weighted by molar-refractivity contribution is 6.22. The van der Waals surface area contributed by atoms with E-state index in [4.69, 9.17) is 9.26 Å². The molecule has 3 amide bonds. The summed E-state index contributed by atoms with van der Waals surface area (Å²) < 4.78 is 9.85. The molecule has 3 aromatic rings. The fraction of sp³-hybridized carbons (Fsp3) is 0.174. The summed E-state index contributed by atoms with van der Waals surface area (Å²) >= 11 is 0. The Morgan fingerprint density at radius 1 is 1.06 bits per heavy atom. The van der Waals surface area contributed by atoms with Crippen molar-refractivity contribution in [1.82, 2.24) is 10.1 Å². The van der Waals surface area contributed by atoms with Crippen LogP contribution < -0.4 is 5.32 Å². The van der Waals surface area contributed by atoms with Gasteiger partial charge in [-0.25, -0.2) is 4.79 Å². The monoisotopic (exact) mass is 433 g/mol. The molecule has 0 spiro atoms. The van der Waals surface area contributed by atoms with Gasteiger partial charge in [-0.15, -0.1) is 0 Å². The van der Waals surface area contributed by atoms with Crippen molar-refractivity contribution in [3.05, 3.63) is 82.6 Å². The number of esters is 1. The van der Waals surface area contributed by atoms with Gasteiger partial charge in [0.2, 0.25) is 0 Å². The quantitative estimate of drug-likeness (QED) is 0.468. The second-order valence-corrected chi connectivity index (χ2v) is 7.27. The van der Waals surface area contributed by atoms with Crippen molar-refractivity contribution in [1.29, 1.82) is 0 Å².